The Labute approximate surface area is 124 Å². The van der Waals surface area contributed by atoms with Gasteiger partial charge in [-0.2, -0.15) is 0 Å². The number of hydrogen-bond acceptors (Lipinski definition) is 3. The Morgan fingerprint density at radius 1 is 1.44 bits per heavy atom. The van der Waals surface area contributed by atoms with Gasteiger partial charge in [0, 0.05) is 0 Å². The van der Waals surface area contributed by atoms with Crippen LogP contribution in [0.1, 0.15) is 60.3 Å². The topological polar surface area (TPSA) is 46.5 Å². The minimum Gasteiger partial charge on any atom is -0.458 e. The van der Waals surface area contributed by atoms with E-state index in [0.717, 1.165) is 19.3 Å². The molecule has 0 radical (unpaired) electrons. The second-order valence-corrected chi connectivity index (χ2v) is 8.89. The van der Waals surface area contributed by atoms with E-state index >= 15 is 0 Å². The summed E-state index contributed by atoms with van der Waals surface area (Å²) in [5.41, 5.74) is -1.18. The van der Waals surface area contributed by atoms with E-state index in [2.05, 4.69) is 22.6 Å². The molecule has 0 aromatic carbocycles. The van der Waals surface area contributed by atoms with E-state index in [9.17, 15) is 9.90 Å². The molecule has 0 aliphatic heterocycles. The molecule has 1 N–H and O–H groups in total. The van der Waals surface area contributed by atoms with Crippen LogP contribution in [0.3, 0.4) is 0 Å². The number of alkyl halides is 1. The van der Waals surface area contributed by atoms with Crippen molar-refractivity contribution in [1.82, 2.24) is 0 Å². The molecule has 1 aliphatic rings. The Morgan fingerprint density at radius 2 is 2.00 bits per heavy atom. The Bertz CT molecular complexity index is 319. The van der Waals surface area contributed by atoms with E-state index < -0.39 is 9.02 Å². The summed E-state index contributed by atoms with van der Waals surface area (Å²) in [6.45, 7) is 9.85. The summed E-state index contributed by atoms with van der Waals surface area (Å²) in [6.07, 6.45) is 2.74. The predicted molar refractivity (Wildman–Crippen MR) is 80.9 cm³/mol. The predicted octanol–water partition coefficient (Wildman–Crippen LogP) is 3.46. The van der Waals surface area contributed by atoms with Crippen molar-refractivity contribution in [1.29, 1.82) is 0 Å². The van der Waals surface area contributed by atoms with Crippen LogP contribution in [0.4, 0.5) is 0 Å². The third kappa shape index (κ3) is 3.00. The van der Waals surface area contributed by atoms with Crippen molar-refractivity contribution in [3.8, 4) is 0 Å². The van der Waals surface area contributed by atoms with Crippen LogP contribution in [0.5, 0.6) is 0 Å². The molecule has 4 heteroatoms. The summed E-state index contributed by atoms with van der Waals surface area (Å²) >= 11 is 2.13. The molecule has 0 heterocycles. The second-order valence-electron chi connectivity index (χ2n) is 6.51. The van der Waals surface area contributed by atoms with Crippen molar-refractivity contribution < 1.29 is 14.6 Å². The molecule has 1 fully saturated rings. The van der Waals surface area contributed by atoms with Crippen LogP contribution >= 0.6 is 22.6 Å². The van der Waals surface area contributed by atoms with Crippen LogP contribution in [0.15, 0.2) is 0 Å². The highest BCUT2D eigenvalue weighted by atomic mass is 127. The second kappa shape index (κ2) is 5.27. The molecule has 0 bridgehead atoms. The van der Waals surface area contributed by atoms with Crippen molar-refractivity contribution in [2.24, 2.45) is 5.41 Å². The number of ether oxygens (including phenoxy) is 1. The van der Waals surface area contributed by atoms with Gasteiger partial charge >= 0.3 is 5.97 Å². The smallest absolute Gasteiger partial charge is 0.322 e. The van der Waals surface area contributed by atoms with Crippen molar-refractivity contribution in [3.05, 3.63) is 0 Å². The van der Waals surface area contributed by atoms with Crippen LogP contribution in [0.2, 0.25) is 0 Å². The van der Waals surface area contributed by atoms with Gasteiger partial charge in [0.25, 0.3) is 0 Å². The van der Waals surface area contributed by atoms with Gasteiger partial charge in [-0.05, 0) is 38.0 Å². The maximum absolute atomic E-state index is 12.1. The zero-order valence-corrected chi connectivity index (χ0v) is 14.2. The van der Waals surface area contributed by atoms with E-state index in [1.807, 2.05) is 34.6 Å². The maximum Gasteiger partial charge on any atom is 0.322 e. The van der Waals surface area contributed by atoms with Gasteiger partial charge in [-0.15, -0.1) is 0 Å². The largest absolute Gasteiger partial charge is 0.458 e. The van der Waals surface area contributed by atoms with Crippen molar-refractivity contribution in [2.75, 3.05) is 0 Å². The van der Waals surface area contributed by atoms with Crippen LogP contribution < -0.4 is 0 Å². The fourth-order valence-electron chi connectivity index (χ4n) is 2.37. The quantitative estimate of drug-likeness (QED) is 0.472. The van der Waals surface area contributed by atoms with Gasteiger partial charge in [0.05, 0.1) is 0 Å². The highest BCUT2D eigenvalue weighted by molar-refractivity contribution is 14.1. The normalized spacial score (nSPS) is 32.1. The Hall–Kier alpha value is 0.160. The van der Waals surface area contributed by atoms with Gasteiger partial charge < -0.3 is 9.84 Å². The average molecular weight is 368 g/mol. The van der Waals surface area contributed by atoms with Crippen molar-refractivity contribution >= 4 is 28.6 Å². The van der Waals surface area contributed by atoms with E-state index in [1.54, 1.807) is 0 Å². The summed E-state index contributed by atoms with van der Waals surface area (Å²) in [4.78, 5) is 12.1. The van der Waals surface area contributed by atoms with Gasteiger partial charge in [0.1, 0.15) is 15.1 Å². The van der Waals surface area contributed by atoms with Crippen LogP contribution in [0, 0.1) is 5.41 Å². The third-order valence-electron chi connectivity index (χ3n) is 4.19. The molecule has 3 unspecified atom stereocenters. The van der Waals surface area contributed by atoms with Gasteiger partial charge in [0.2, 0.25) is 0 Å². The van der Waals surface area contributed by atoms with Crippen molar-refractivity contribution in [2.45, 2.75) is 75.4 Å². The number of aliphatic hydroxyl groups is 1. The van der Waals surface area contributed by atoms with Gasteiger partial charge in [-0.1, -0.05) is 50.3 Å². The molecule has 1 saturated carbocycles. The monoisotopic (exact) mass is 368 g/mol. The minimum atomic E-state index is -0.900. The van der Waals surface area contributed by atoms with Gasteiger partial charge in [-0.3, -0.25) is 4.79 Å². The lowest BCUT2D eigenvalue weighted by Gasteiger charge is -2.41. The Morgan fingerprint density at radius 3 is 2.44 bits per heavy atom. The molecule has 3 atom stereocenters. The lowest BCUT2D eigenvalue weighted by atomic mass is 9.74. The molecule has 18 heavy (non-hydrogen) atoms. The fraction of sp³-hybridized carbons (Fsp3) is 0.929. The molecular formula is C14H25IO3. The Balaban J connectivity index is 2.82. The third-order valence-corrected chi connectivity index (χ3v) is 5.40. The minimum absolute atomic E-state index is 0.208. The van der Waals surface area contributed by atoms with E-state index in [0.29, 0.717) is 6.42 Å². The first-order chi connectivity index (χ1) is 8.04. The number of esters is 1. The molecular weight excluding hydrogens is 343 g/mol. The zero-order chi connectivity index (χ0) is 14.2. The number of halogens is 1. The lowest BCUT2D eigenvalue weighted by Crippen LogP contribution is -2.51. The molecule has 0 aromatic heterocycles. The van der Waals surface area contributed by atoms with Gasteiger partial charge in [-0.25, -0.2) is 0 Å². The SMILES string of the molecule is CCC(C)(I)C(=O)OC1CCCC1(O)C(C)(C)C. The van der Waals surface area contributed by atoms with Crippen molar-refractivity contribution in [3.63, 3.8) is 0 Å². The molecule has 0 amide bonds. The first-order valence-electron chi connectivity index (χ1n) is 6.67. The molecule has 0 spiro atoms. The van der Waals surface area contributed by atoms with E-state index in [-0.39, 0.29) is 17.5 Å². The number of rotatable bonds is 3. The molecule has 1 aliphatic carbocycles. The lowest BCUT2D eigenvalue weighted by molar-refractivity contribution is -0.176. The summed E-state index contributed by atoms with van der Waals surface area (Å²) in [6, 6.07) is 0. The highest BCUT2D eigenvalue weighted by Gasteiger charge is 2.52. The Kier molecular flexibility index (Phi) is 4.75. The summed E-state index contributed by atoms with van der Waals surface area (Å²) in [5, 5.41) is 10.8. The average Bonchev–Trinajstić information content (AvgIpc) is 2.61. The molecule has 1 rings (SSSR count). The fourth-order valence-corrected chi connectivity index (χ4v) is 2.49. The zero-order valence-electron chi connectivity index (χ0n) is 12.0. The highest BCUT2D eigenvalue weighted by Crippen LogP contribution is 2.45. The molecule has 0 saturated heterocycles. The number of carbonyl (C=O) groups is 1. The summed E-state index contributed by atoms with van der Waals surface area (Å²) in [7, 11) is 0. The van der Waals surface area contributed by atoms with Crippen LogP contribution in [0.25, 0.3) is 0 Å². The maximum atomic E-state index is 12.1. The van der Waals surface area contributed by atoms with E-state index in [1.165, 1.54) is 0 Å². The number of carbonyl (C=O) groups excluding carboxylic acids is 1. The van der Waals surface area contributed by atoms with E-state index in [4.69, 9.17) is 4.74 Å². The molecule has 3 nitrogen and oxygen atoms in total. The van der Waals surface area contributed by atoms with Crippen LogP contribution in [-0.2, 0) is 9.53 Å². The molecule has 106 valence electrons. The molecule has 0 aromatic rings. The van der Waals surface area contributed by atoms with Crippen LogP contribution in [-0.4, -0.2) is 26.2 Å². The first kappa shape index (κ1) is 16.2. The summed E-state index contributed by atoms with van der Waals surface area (Å²) < 4.78 is 5.11. The summed E-state index contributed by atoms with van der Waals surface area (Å²) in [5.74, 6) is -0.208. The number of hydrogen-bond donors (Lipinski definition) is 1. The van der Waals surface area contributed by atoms with Gasteiger partial charge in [0.15, 0.2) is 0 Å². The first-order valence-corrected chi connectivity index (χ1v) is 7.75. The standard InChI is InChI=1S/C14H25IO3/c1-6-13(5,15)11(16)18-10-8-7-9-14(10,17)12(2,3)4/h10,17H,6-9H2,1-5H3.